The van der Waals surface area contributed by atoms with Gasteiger partial charge in [0.2, 0.25) is 0 Å². The number of ether oxygens (including phenoxy) is 4. The Morgan fingerprint density at radius 1 is 1.21 bits per heavy atom. The Bertz CT molecular complexity index is 246. The third-order valence-corrected chi connectivity index (χ3v) is 2.88. The summed E-state index contributed by atoms with van der Waals surface area (Å²) in [7, 11) is 0. The van der Waals surface area contributed by atoms with Crippen LogP contribution in [0.1, 0.15) is 13.8 Å². The van der Waals surface area contributed by atoms with E-state index in [4.69, 9.17) is 18.9 Å². The molecular formula is C9H14O5. The van der Waals surface area contributed by atoms with E-state index in [2.05, 4.69) is 0 Å². The highest BCUT2D eigenvalue weighted by atomic mass is 16.8. The van der Waals surface area contributed by atoms with Gasteiger partial charge in [0.1, 0.15) is 24.4 Å². The fraction of sp³-hybridized carbons (Fsp3) is 1.00. The van der Waals surface area contributed by atoms with Gasteiger partial charge in [-0.05, 0) is 13.8 Å². The molecule has 0 spiro atoms. The summed E-state index contributed by atoms with van der Waals surface area (Å²) in [5, 5.41) is 9.89. The van der Waals surface area contributed by atoms with E-state index in [1.165, 1.54) is 0 Å². The normalized spacial score (nSPS) is 54.6. The fourth-order valence-electron chi connectivity index (χ4n) is 2.30. The average molecular weight is 202 g/mol. The molecule has 1 N–H and O–H groups in total. The molecule has 0 amide bonds. The zero-order chi connectivity index (χ0) is 9.92. The van der Waals surface area contributed by atoms with Crippen LogP contribution >= 0.6 is 0 Å². The van der Waals surface area contributed by atoms with Crippen LogP contribution in [-0.2, 0) is 18.9 Å². The summed E-state index contributed by atoms with van der Waals surface area (Å²) in [6, 6.07) is 0. The minimum atomic E-state index is -0.659. The van der Waals surface area contributed by atoms with Crippen molar-refractivity contribution in [2.45, 2.75) is 50.3 Å². The van der Waals surface area contributed by atoms with Crippen LogP contribution in [0.2, 0.25) is 0 Å². The molecule has 5 nitrogen and oxygen atoms in total. The van der Waals surface area contributed by atoms with Gasteiger partial charge in [0.15, 0.2) is 12.1 Å². The van der Waals surface area contributed by atoms with Crippen molar-refractivity contribution in [3.05, 3.63) is 0 Å². The van der Waals surface area contributed by atoms with Crippen LogP contribution in [0.25, 0.3) is 0 Å². The molecule has 0 radical (unpaired) electrons. The van der Waals surface area contributed by atoms with Crippen LogP contribution < -0.4 is 0 Å². The van der Waals surface area contributed by atoms with E-state index >= 15 is 0 Å². The second kappa shape index (κ2) is 2.68. The molecule has 80 valence electrons. The molecule has 3 aliphatic heterocycles. The maximum Gasteiger partial charge on any atom is 0.187 e. The second-order valence-electron chi connectivity index (χ2n) is 4.43. The maximum atomic E-state index is 9.89. The molecule has 3 saturated heterocycles. The molecule has 0 aromatic carbocycles. The van der Waals surface area contributed by atoms with Gasteiger partial charge >= 0.3 is 0 Å². The average Bonchev–Trinajstić information content (AvgIpc) is 2.64. The first-order chi connectivity index (χ1) is 6.57. The standard InChI is InChI=1S/C9H14O5/c1-9(2)13-6-5(10)4-3-11-8(12-4)7(6)14-9/h4-8,10H,3H2,1-2H3/t4-,5-,6+,7+,8-/m1/s1. The van der Waals surface area contributed by atoms with E-state index in [1.54, 1.807) is 0 Å². The summed E-state index contributed by atoms with van der Waals surface area (Å²) in [6.45, 7) is 4.07. The zero-order valence-electron chi connectivity index (χ0n) is 8.17. The number of hydrogen-bond donors (Lipinski definition) is 1. The molecule has 3 rings (SSSR count). The third kappa shape index (κ3) is 1.14. The third-order valence-electron chi connectivity index (χ3n) is 2.88. The predicted molar refractivity (Wildman–Crippen MR) is 44.4 cm³/mol. The Hall–Kier alpha value is -0.200. The van der Waals surface area contributed by atoms with Crippen molar-refractivity contribution >= 4 is 0 Å². The summed E-state index contributed by atoms with van der Waals surface area (Å²) in [5.41, 5.74) is 0. The van der Waals surface area contributed by atoms with Crippen LogP contribution in [0.5, 0.6) is 0 Å². The molecule has 0 saturated carbocycles. The highest BCUT2D eigenvalue weighted by molar-refractivity contribution is 4.98. The lowest BCUT2D eigenvalue weighted by Crippen LogP contribution is -2.52. The topological polar surface area (TPSA) is 57.2 Å². The lowest BCUT2D eigenvalue weighted by molar-refractivity contribution is -0.198. The number of rotatable bonds is 0. The number of aliphatic hydroxyl groups is 1. The zero-order valence-corrected chi connectivity index (χ0v) is 8.17. The van der Waals surface area contributed by atoms with Gasteiger partial charge in [-0.2, -0.15) is 0 Å². The molecule has 0 aromatic rings. The SMILES string of the molecule is CC1(C)O[C@@H]2[C@@H]3OC[C@@H](O3)[C@@H](O)[C@@H]2O1. The first-order valence-corrected chi connectivity index (χ1v) is 4.88. The van der Waals surface area contributed by atoms with E-state index in [1.807, 2.05) is 13.8 Å². The summed E-state index contributed by atoms with van der Waals surface area (Å²) < 4.78 is 22.0. The van der Waals surface area contributed by atoms with Crippen molar-refractivity contribution < 1.29 is 24.1 Å². The monoisotopic (exact) mass is 202 g/mol. The van der Waals surface area contributed by atoms with Crippen molar-refractivity contribution in [3.63, 3.8) is 0 Å². The van der Waals surface area contributed by atoms with Crippen molar-refractivity contribution in [1.29, 1.82) is 0 Å². The van der Waals surface area contributed by atoms with Crippen LogP contribution in [0.15, 0.2) is 0 Å². The van der Waals surface area contributed by atoms with Crippen molar-refractivity contribution in [2.75, 3.05) is 6.61 Å². The van der Waals surface area contributed by atoms with Crippen LogP contribution in [0.4, 0.5) is 0 Å². The van der Waals surface area contributed by atoms with Crippen molar-refractivity contribution in [2.24, 2.45) is 0 Å². The number of fused-ring (bicyclic) bond motifs is 4. The smallest absolute Gasteiger partial charge is 0.187 e. The largest absolute Gasteiger partial charge is 0.387 e. The molecule has 3 aliphatic rings. The highest BCUT2D eigenvalue weighted by Gasteiger charge is 2.58. The van der Waals surface area contributed by atoms with Gasteiger partial charge in [-0.3, -0.25) is 0 Å². The lowest BCUT2D eigenvalue weighted by Gasteiger charge is -2.31. The van der Waals surface area contributed by atoms with E-state index in [9.17, 15) is 5.11 Å². The summed E-state index contributed by atoms with van der Waals surface area (Å²) in [4.78, 5) is 0. The van der Waals surface area contributed by atoms with Gasteiger partial charge in [-0.1, -0.05) is 0 Å². The highest BCUT2D eigenvalue weighted by Crippen LogP contribution is 2.40. The second-order valence-corrected chi connectivity index (χ2v) is 4.43. The van der Waals surface area contributed by atoms with E-state index in [0.717, 1.165) is 0 Å². The Labute approximate surface area is 81.9 Å². The molecular weight excluding hydrogens is 188 g/mol. The quantitative estimate of drug-likeness (QED) is 0.580. The molecule has 5 heteroatoms. The number of aliphatic hydroxyl groups excluding tert-OH is 1. The molecule has 0 unspecified atom stereocenters. The minimum absolute atomic E-state index is 0.265. The van der Waals surface area contributed by atoms with E-state index in [-0.39, 0.29) is 24.6 Å². The molecule has 2 bridgehead atoms. The molecule has 3 fully saturated rings. The van der Waals surface area contributed by atoms with E-state index < -0.39 is 11.9 Å². The predicted octanol–water partition coefficient (Wildman–Crippen LogP) is -0.378. The Kier molecular flexibility index (Phi) is 1.73. The van der Waals surface area contributed by atoms with Crippen LogP contribution in [0, 0.1) is 0 Å². The Balaban J connectivity index is 1.88. The van der Waals surface area contributed by atoms with E-state index in [0.29, 0.717) is 6.61 Å². The van der Waals surface area contributed by atoms with Gasteiger partial charge in [0, 0.05) is 0 Å². The maximum absolute atomic E-state index is 9.89. The molecule has 0 aliphatic carbocycles. The molecule has 14 heavy (non-hydrogen) atoms. The van der Waals surface area contributed by atoms with Crippen molar-refractivity contribution in [3.8, 4) is 0 Å². The van der Waals surface area contributed by atoms with Gasteiger partial charge in [-0.25, -0.2) is 0 Å². The van der Waals surface area contributed by atoms with Crippen LogP contribution in [0.3, 0.4) is 0 Å². The Morgan fingerprint density at radius 2 is 1.93 bits per heavy atom. The number of hydrogen-bond acceptors (Lipinski definition) is 5. The fourth-order valence-corrected chi connectivity index (χ4v) is 2.30. The van der Waals surface area contributed by atoms with Gasteiger partial charge in [0.05, 0.1) is 6.61 Å². The van der Waals surface area contributed by atoms with Crippen molar-refractivity contribution in [1.82, 2.24) is 0 Å². The molecule has 5 atom stereocenters. The Morgan fingerprint density at radius 3 is 2.71 bits per heavy atom. The van der Waals surface area contributed by atoms with Gasteiger partial charge < -0.3 is 24.1 Å². The van der Waals surface area contributed by atoms with Crippen LogP contribution in [-0.4, -0.2) is 48.2 Å². The summed E-state index contributed by atoms with van der Waals surface area (Å²) in [5.74, 6) is -0.659. The lowest BCUT2D eigenvalue weighted by atomic mass is 10.0. The molecule has 0 aromatic heterocycles. The van der Waals surface area contributed by atoms with Gasteiger partial charge in [0.25, 0.3) is 0 Å². The summed E-state index contributed by atoms with van der Waals surface area (Å²) in [6.07, 6.45) is -1.93. The first-order valence-electron chi connectivity index (χ1n) is 4.88. The summed E-state index contributed by atoms with van der Waals surface area (Å²) >= 11 is 0. The van der Waals surface area contributed by atoms with Gasteiger partial charge in [-0.15, -0.1) is 0 Å². The molecule has 3 heterocycles. The minimum Gasteiger partial charge on any atom is -0.387 e. The first kappa shape index (κ1) is 9.06.